The van der Waals surface area contributed by atoms with Crippen molar-refractivity contribution >= 4 is 34.7 Å². The molecule has 0 radical (unpaired) electrons. The van der Waals surface area contributed by atoms with Gasteiger partial charge in [0.15, 0.2) is 0 Å². The van der Waals surface area contributed by atoms with Crippen LogP contribution in [0.25, 0.3) is 10.9 Å². The molecule has 1 aliphatic carbocycles. The number of allylic oxidation sites excluding steroid dienone is 4. The van der Waals surface area contributed by atoms with Gasteiger partial charge in [0.1, 0.15) is 12.0 Å². The van der Waals surface area contributed by atoms with E-state index in [4.69, 9.17) is 16.3 Å². The molecule has 4 nitrogen and oxygen atoms in total. The standard InChI is InChI=1S/C19H18ClNO3/c1-12-16(9-10-22)17-11-15(24-2)7-8-18(17)21(12)19(23)13-3-5-14(20)6-4-13/h3,5,7-8,10-11H,4,6,9H2,1-2H3. The van der Waals surface area contributed by atoms with E-state index in [1.165, 1.54) is 0 Å². The van der Waals surface area contributed by atoms with Gasteiger partial charge in [-0.1, -0.05) is 17.7 Å². The van der Waals surface area contributed by atoms with E-state index >= 15 is 0 Å². The number of aromatic nitrogens is 1. The summed E-state index contributed by atoms with van der Waals surface area (Å²) in [4.78, 5) is 24.1. The Morgan fingerprint density at radius 2 is 2.12 bits per heavy atom. The first-order valence-electron chi connectivity index (χ1n) is 7.78. The van der Waals surface area contributed by atoms with Gasteiger partial charge in [0.2, 0.25) is 0 Å². The minimum atomic E-state index is -0.0692. The molecule has 5 heteroatoms. The smallest absolute Gasteiger partial charge is 0.258 e. The van der Waals surface area contributed by atoms with Crippen molar-refractivity contribution < 1.29 is 14.3 Å². The lowest BCUT2D eigenvalue weighted by atomic mass is 10.0. The summed E-state index contributed by atoms with van der Waals surface area (Å²) in [5.41, 5.74) is 3.15. The number of hydrogen-bond acceptors (Lipinski definition) is 3. The maximum atomic E-state index is 13.0. The molecule has 0 fully saturated rings. The lowest BCUT2D eigenvalue weighted by Crippen LogP contribution is -2.16. The highest BCUT2D eigenvalue weighted by Gasteiger charge is 2.22. The summed E-state index contributed by atoms with van der Waals surface area (Å²) < 4.78 is 6.96. The summed E-state index contributed by atoms with van der Waals surface area (Å²) in [7, 11) is 1.60. The first-order chi connectivity index (χ1) is 11.6. The molecule has 0 atom stereocenters. The first kappa shape index (κ1) is 16.5. The highest BCUT2D eigenvalue weighted by atomic mass is 35.5. The summed E-state index contributed by atoms with van der Waals surface area (Å²) in [5, 5.41) is 1.63. The van der Waals surface area contributed by atoms with Gasteiger partial charge in [0.25, 0.3) is 5.91 Å². The van der Waals surface area contributed by atoms with Gasteiger partial charge in [-0.2, -0.15) is 0 Å². The topological polar surface area (TPSA) is 48.3 Å². The van der Waals surface area contributed by atoms with E-state index in [9.17, 15) is 9.59 Å². The average molecular weight is 344 g/mol. The van der Waals surface area contributed by atoms with Crippen LogP contribution in [0.5, 0.6) is 5.75 Å². The van der Waals surface area contributed by atoms with Gasteiger partial charge in [0, 0.05) is 28.1 Å². The Morgan fingerprint density at radius 1 is 1.33 bits per heavy atom. The molecule has 0 aliphatic heterocycles. The molecular formula is C19H18ClNO3. The van der Waals surface area contributed by atoms with E-state index in [0.717, 1.165) is 33.5 Å². The molecular weight excluding hydrogens is 326 g/mol. The lowest BCUT2D eigenvalue weighted by Gasteiger charge is -2.13. The summed E-state index contributed by atoms with van der Waals surface area (Å²) >= 11 is 5.98. The van der Waals surface area contributed by atoms with Gasteiger partial charge < -0.3 is 9.53 Å². The number of benzene rings is 1. The molecule has 0 amide bonds. The summed E-state index contributed by atoms with van der Waals surface area (Å²) in [5.74, 6) is 0.631. The number of ether oxygens (including phenoxy) is 1. The molecule has 2 aromatic rings. The number of hydrogen-bond donors (Lipinski definition) is 0. The monoisotopic (exact) mass is 343 g/mol. The highest BCUT2D eigenvalue weighted by molar-refractivity contribution is 6.29. The van der Waals surface area contributed by atoms with Crippen LogP contribution in [0.2, 0.25) is 0 Å². The molecule has 24 heavy (non-hydrogen) atoms. The van der Waals surface area contributed by atoms with Gasteiger partial charge in [-0.25, -0.2) is 0 Å². The van der Waals surface area contributed by atoms with Crippen LogP contribution in [0.3, 0.4) is 0 Å². The maximum absolute atomic E-state index is 13.0. The van der Waals surface area contributed by atoms with E-state index < -0.39 is 0 Å². The van der Waals surface area contributed by atoms with Gasteiger partial charge in [-0.3, -0.25) is 9.36 Å². The Balaban J connectivity index is 2.19. The molecule has 3 rings (SSSR count). The Kier molecular flexibility index (Phi) is 4.58. The van der Waals surface area contributed by atoms with Crippen molar-refractivity contribution in [3.63, 3.8) is 0 Å². The summed E-state index contributed by atoms with van der Waals surface area (Å²) in [6.07, 6.45) is 5.97. The highest BCUT2D eigenvalue weighted by Crippen LogP contribution is 2.31. The van der Waals surface area contributed by atoms with E-state index in [1.54, 1.807) is 23.8 Å². The van der Waals surface area contributed by atoms with Gasteiger partial charge in [0.05, 0.1) is 12.6 Å². The quantitative estimate of drug-likeness (QED) is 0.782. The van der Waals surface area contributed by atoms with Gasteiger partial charge in [-0.15, -0.1) is 0 Å². The van der Waals surface area contributed by atoms with Crippen LogP contribution in [-0.2, 0) is 11.2 Å². The fourth-order valence-electron chi connectivity index (χ4n) is 3.13. The molecule has 0 unspecified atom stereocenters. The normalized spacial score (nSPS) is 14.3. The molecule has 0 saturated heterocycles. The number of carbonyl (C=O) groups excluding carboxylic acids is 2. The molecule has 1 heterocycles. The van der Waals surface area contributed by atoms with Crippen molar-refractivity contribution in [3.8, 4) is 5.75 Å². The summed E-state index contributed by atoms with van der Waals surface area (Å²) in [6.45, 7) is 1.87. The number of carbonyl (C=O) groups is 2. The zero-order chi connectivity index (χ0) is 17.3. The number of methoxy groups -OCH3 is 1. The van der Waals surface area contributed by atoms with Crippen LogP contribution in [0.15, 0.2) is 41.0 Å². The minimum absolute atomic E-state index is 0.0692. The van der Waals surface area contributed by atoms with Crippen molar-refractivity contribution in [1.82, 2.24) is 4.57 Å². The van der Waals surface area contributed by atoms with E-state index in [0.29, 0.717) is 24.2 Å². The van der Waals surface area contributed by atoms with Crippen molar-refractivity contribution in [2.45, 2.75) is 26.2 Å². The molecule has 1 aliphatic rings. The third-order valence-corrected chi connectivity index (χ3v) is 4.72. The molecule has 1 aromatic heterocycles. The fraction of sp³-hybridized carbons (Fsp3) is 0.263. The summed E-state index contributed by atoms with van der Waals surface area (Å²) in [6, 6.07) is 5.55. The largest absolute Gasteiger partial charge is 0.497 e. The lowest BCUT2D eigenvalue weighted by molar-refractivity contribution is -0.107. The van der Waals surface area contributed by atoms with Crippen molar-refractivity contribution in [3.05, 3.63) is 52.2 Å². The Bertz CT molecular complexity index is 890. The van der Waals surface area contributed by atoms with Crippen LogP contribution in [-0.4, -0.2) is 23.9 Å². The molecule has 0 bridgehead atoms. The second kappa shape index (κ2) is 6.65. The van der Waals surface area contributed by atoms with Crippen LogP contribution < -0.4 is 4.74 Å². The van der Waals surface area contributed by atoms with E-state index in [-0.39, 0.29) is 12.3 Å². The predicted molar refractivity (Wildman–Crippen MR) is 94.9 cm³/mol. The van der Waals surface area contributed by atoms with E-state index in [1.807, 2.05) is 25.1 Å². The van der Waals surface area contributed by atoms with Crippen LogP contribution >= 0.6 is 11.6 Å². The van der Waals surface area contributed by atoms with Gasteiger partial charge >= 0.3 is 0 Å². The van der Waals surface area contributed by atoms with Crippen molar-refractivity contribution in [2.24, 2.45) is 0 Å². The molecule has 0 saturated carbocycles. The van der Waals surface area contributed by atoms with Crippen LogP contribution in [0, 0.1) is 6.92 Å². The number of fused-ring (bicyclic) bond motifs is 1. The third kappa shape index (κ3) is 2.78. The van der Waals surface area contributed by atoms with Crippen LogP contribution in [0.4, 0.5) is 0 Å². The Labute approximate surface area is 145 Å². The number of halogens is 1. The van der Waals surface area contributed by atoms with Crippen molar-refractivity contribution in [1.29, 1.82) is 0 Å². The number of rotatable bonds is 4. The number of nitrogens with zero attached hydrogens (tertiary/aromatic N) is 1. The molecule has 124 valence electrons. The average Bonchev–Trinajstić information content (AvgIpc) is 2.86. The SMILES string of the molecule is COc1ccc2c(c1)c(CC=O)c(C)n2C(=O)C1=CC=C(Cl)CC1. The fourth-order valence-corrected chi connectivity index (χ4v) is 3.28. The Hall–Kier alpha value is -2.33. The third-order valence-electron chi connectivity index (χ3n) is 4.41. The maximum Gasteiger partial charge on any atom is 0.258 e. The van der Waals surface area contributed by atoms with Gasteiger partial charge in [-0.05, 0) is 49.6 Å². The second-order valence-corrected chi connectivity index (χ2v) is 6.25. The Morgan fingerprint density at radius 3 is 2.75 bits per heavy atom. The minimum Gasteiger partial charge on any atom is -0.497 e. The predicted octanol–water partition coefficient (Wildman–Crippen LogP) is 4.18. The zero-order valence-corrected chi connectivity index (χ0v) is 14.4. The molecule has 0 spiro atoms. The molecule has 0 N–H and O–H groups in total. The second-order valence-electron chi connectivity index (χ2n) is 5.76. The van der Waals surface area contributed by atoms with Crippen LogP contribution in [0.1, 0.15) is 28.9 Å². The van der Waals surface area contributed by atoms with Crippen molar-refractivity contribution in [2.75, 3.05) is 7.11 Å². The first-order valence-corrected chi connectivity index (χ1v) is 8.16. The zero-order valence-electron chi connectivity index (χ0n) is 13.6. The number of aldehydes is 1. The molecule has 1 aromatic carbocycles. The van der Waals surface area contributed by atoms with E-state index in [2.05, 4.69) is 0 Å².